The van der Waals surface area contributed by atoms with E-state index in [0.29, 0.717) is 22.9 Å². The normalized spacial score (nSPS) is 20.5. The summed E-state index contributed by atoms with van der Waals surface area (Å²) < 4.78 is 0. The van der Waals surface area contributed by atoms with E-state index >= 15 is 0 Å². The van der Waals surface area contributed by atoms with Crippen LogP contribution in [0.2, 0.25) is 5.02 Å². The molecule has 2 fully saturated rings. The van der Waals surface area contributed by atoms with Crippen LogP contribution in [0.3, 0.4) is 0 Å². The highest BCUT2D eigenvalue weighted by molar-refractivity contribution is 8.00. The first kappa shape index (κ1) is 21.2. The first-order valence-electron chi connectivity index (χ1n) is 10.2. The third kappa shape index (κ3) is 4.99. The van der Waals surface area contributed by atoms with Crippen LogP contribution in [0.4, 0.5) is 0 Å². The number of likely N-dealkylation sites (tertiary alicyclic amines) is 1. The molecule has 158 valence electrons. The second-order valence-corrected chi connectivity index (χ2v) is 9.49. The maximum Gasteiger partial charge on any atom is 0.251 e. The minimum absolute atomic E-state index is 0.0238. The summed E-state index contributed by atoms with van der Waals surface area (Å²) in [7, 11) is 2.11. The van der Waals surface area contributed by atoms with Gasteiger partial charge in [0, 0.05) is 23.2 Å². The lowest BCUT2D eigenvalue weighted by Gasteiger charge is -2.29. The number of benzene rings is 2. The van der Waals surface area contributed by atoms with E-state index in [1.54, 1.807) is 11.8 Å². The van der Waals surface area contributed by atoms with Crippen LogP contribution in [0.25, 0.3) is 0 Å². The fraction of sp³-hybridized carbons (Fsp3) is 0.391. The van der Waals surface area contributed by atoms with Crippen LogP contribution in [0.5, 0.6) is 0 Å². The van der Waals surface area contributed by atoms with Gasteiger partial charge in [-0.1, -0.05) is 35.9 Å². The van der Waals surface area contributed by atoms with Gasteiger partial charge in [-0.15, -0.1) is 11.8 Å². The Hall–Kier alpha value is -2.02. The third-order valence-electron chi connectivity index (χ3n) is 5.75. The molecule has 2 heterocycles. The number of piperidine rings is 1. The van der Waals surface area contributed by atoms with Crippen molar-refractivity contribution in [3.05, 3.63) is 70.2 Å². The van der Waals surface area contributed by atoms with Crippen LogP contribution in [0, 0.1) is 0 Å². The SMILES string of the molecule is CN1CCC(NC(=O)c2ccc([C@@H]3SCC(=O)N3Cc3ccc(Cl)cc3)cc2)CC1. The number of hydrogen-bond acceptors (Lipinski definition) is 4. The number of hydrogen-bond donors (Lipinski definition) is 1. The molecule has 1 N–H and O–H groups in total. The largest absolute Gasteiger partial charge is 0.349 e. The van der Waals surface area contributed by atoms with Gasteiger partial charge in [0.2, 0.25) is 5.91 Å². The smallest absolute Gasteiger partial charge is 0.251 e. The van der Waals surface area contributed by atoms with Gasteiger partial charge in [-0.05, 0) is 68.4 Å². The molecule has 30 heavy (non-hydrogen) atoms. The van der Waals surface area contributed by atoms with Crippen molar-refractivity contribution >= 4 is 35.2 Å². The van der Waals surface area contributed by atoms with Crippen molar-refractivity contribution in [1.29, 1.82) is 0 Å². The van der Waals surface area contributed by atoms with Crippen LogP contribution in [-0.4, -0.2) is 53.5 Å². The highest BCUT2D eigenvalue weighted by Gasteiger charge is 2.32. The summed E-state index contributed by atoms with van der Waals surface area (Å²) in [6, 6.07) is 15.5. The molecule has 2 amide bonds. The monoisotopic (exact) mass is 443 g/mol. The van der Waals surface area contributed by atoms with Crippen LogP contribution < -0.4 is 5.32 Å². The van der Waals surface area contributed by atoms with Gasteiger partial charge in [-0.25, -0.2) is 0 Å². The van der Waals surface area contributed by atoms with E-state index in [1.165, 1.54) is 0 Å². The van der Waals surface area contributed by atoms with E-state index in [2.05, 4.69) is 17.3 Å². The lowest BCUT2D eigenvalue weighted by atomic mass is 10.0. The van der Waals surface area contributed by atoms with Crippen molar-refractivity contribution in [3.8, 4) is 0 Å². The molecular weight excluding hydrogens is 418 g/mol. The summed E-state index contributed by atoms with van der Waals surface area (Å²) in [5, 5.41) is 3.80. The van der Waals surface area contributed by atoms with Crippen LogP contribution >= 0.6 is 23.4 Å². The number of nitrogens with zero attached hydrogens (tertiary/aromatic N) is 2. The van der Waals surface area contributed by atoms with Gasteiger partial charge in [0.25, 0.3) is 5.91 Å². The summed E-state index contributed by atoms with van der Waals surface area (Å²) in [4.78, 5) is 29.2. The summed E-state index contributed by atoms with van der Waals surface area (Å²) in [5.74, 6) is 0.574. The van der Waals surface area contributed by atoms with Crippen molar-refractivity contribution in [2.45, 2.75) is 30.8 Å². The zero-order chi connectivity index (χ0) is 21.1. The van der Waals surface area contributed by atoms with Crippen LogP contribution in [-0.2, 0) is 11.3 Å². The molecule has 4 rings (SSSR count). The number of carbonyl (C=O) groups excluding carboxylic acids is 2. The minimum atomic E-state index is -0.0424. The third-order valence-corrected chi connectivity index (χ3v) is 7.25. The average molecular weight is 444 g/mol. The maximum absolute atomic E-state index is 12.6. The molecule has 0 aromatic heterocycles. The summed E-state index contributed by atoms with van der Waals surface area (Å²) in [6.07, 6.45) is 1.97. The van der Waals surface area contributed by atoms with E-state index in [0.717, 1.165) is 37.1 Å². The van der Waals surface area contributed by atoms with Gasteiger partial charge in [0.05, 0.1) is 5.75 Å². The summed E-state index contributed by atoms with van der Waals surface area (Å²) >= 11 is 7.59. The van der Waals surface area contributed by atoms with Gasteiger partial charge in [0.15, 0.2) is 0 Å². The standard InChI is InChI=1S/C23H26ClN3O2S/c1-26-12-10-20(11-13-26)25-22(29)17-4-6-18(7-5-17)23-27(21(28)15-30-23)14-16-2-8-19(24)9-3-16/h2-9,20,23H,10-15H2,1H3,(H,25,29)/t23-/m0/s1. The van der Waals surface area contributed by atoms with E-state index in [4.69, 9.17) is 11.6 Å². The Morgan fingerprint density at radius 1 is 1.10 bits per heavy atom. The fourth-order valence-corrected chi connectivity index (χ4v) is 5.22. The lowest BCUT2D eigenvalue weighted by Crippen LogP contribution is -2.43. The Labute approximate surface area is 186 Å². The Morgan fingerprint density at radius 3 is 2.43 bits per heavy atom. The van der Waals surface area contributed by atoms with E-state index in [1.807, 2.05) is 53.4 Å². The Balaban J connectivity index is 1.41. The van der Waals surface area contributed by atoms with Crippen molar-refractivity contribution < 1.29 is 9.59 Å². The summed E-state index contributed by atoms with van der Waals surface area (Å²) in [5.41, 5.74) is 2.75. The maximum atomic E-state index is 12.6. The zero-order valence-corrected chi connectivity index (χ0v) is 18.6. The second-order valence-electron chi connectivity index (χ2n) is 7.98. The predicted molar refractivity (Wildman–Crippen MR) is 122 cm³/mol. The quantitative estimate of drug-likeness (QED) is 0.760. The van der Waals surface area contributed by atoms with Gasteiger partial charge in [-0.2, -0.15) is 0 Å². The second kappa shape index (κ2) is 9.41. The highest BCUT2D eigenvalue weighted by Crippen LogP contribution is 2.39. The first-order chi connectivity index (χ1) is 14.5. The molecule has 0 radical (unpaired) electrons. The molecule has 7 heteroatoms. The molecule has 1 atom stereocenters. The summed E-state index contributed by atoms with van der Waals surface area (Å²) in [6.45, 7) is 2.58. The van der Waals surface area contributed by atoms with Crippen molar-refractivity contribution in [2.75, 3.05) is 25.9 Å². The molecule has 2 aliphatic heterocycles. The number of amides is 2. The van der Waals surface area contributed by atoms with E-state index in [9.17, 15) is 9.59 Å². The highest BCUT2D eigenvalue weighted by atomic mass is 35.5. The Kier molecular flexibility index (Phi) is 6.66. The Bertz CT molecular complexity index is 896. The lowest BCUT2D eigenvalue weighted by molar-refractivity contribution is -0.128. The average Bonchev–Trinajstić information content (AvgIpc) is 3.11. The van der Waals surface area contributed by atoms with Crippen LogP contribution in [0.15, 0.2) is 48.5 Å². The van der Waals surface area contributed by atoms with Gasteiger partial charge < -0.3 is 15.1 Å². The predicted octanol–water partition coefficient (Wildman–Crippen LogP) is 3.94. The van der Waals surface area contributed by atoms with Gasteiger partial charge in [0.1, 0.15) is 5.37 Å². The molecule has 0 bridgehead atoms. The van der Waals surface area contributed by atoms with Crippen LogP contribution in [0.1, 0.15) is 39.7 Å². The molecule has 0 saturated carbocycles. The minimum Gasteiger partial charge on any atom is -0.349 e. The molecule has 0 unspecified atom stereocenters. The number of rotatable bonds is 5. The van der Waals surface area contributed by atoms with Crippen molar-refractivity contribution in [2.24, 2.45) is 0 Å². The number of thioether (sulfide) groups is 1. The zero-order valence-electron chi connectivity index (χ0n) is 17.0. The molecule has 5 nitrogen and oxygen atoms in total. The van der Waals surface area contributed by atoms with Crippen molar-refractivity contribution in [3.63, 3.8) is 0 Å². The van der Waals surface area contributed by atoms with Gasteiger partial charge in [-0.3, -0.25) is 9.59 Å². The van der Waals surface area contributed by atoms with E-state index in [-0.39, 0.29) is 23.2 Å². The van der Waals surface area contributed by atoms with Gasteiger partial charge >= 0.3 is 0 Å². The molecule has 2 aromatic carbocycles. The number of carbonyl (C=O) groups is 2. The molecule has 0 aliphatic carbocycles. The molecule has 0 spiro atoms. The topological polar surface area (TPSA) is 52.7 Å². The molecule has 2 saturated heterocycles. The molecule has 2 aliphatic rings. The number of nitrogens with one attached hydrogen (secondary N) is 1. The fourth-order valence-electron chi connectivity index (χ4n) is 3.91. The first-order valence-corrected chi connectivity index (χ1v) is 11.7. The Morgan fingerprint density at radius 2 is 1.77 bits per heavy atom. The molecular formula is C23H26ClN3O2S. The molecule has 2 aromatic rings. The number of halogens is 1. The van der Waals surface area contributed by atoms with Crippen molar-refractivity contribution in [1.82, 2.24) is 15.1 Å². The van der Waals surface area contributed by atoms with E-state index < -0.39 is 0 Å².